The van der Waals surface area contributed by atoms with E-state index in [0.717, 1.165) is 19.6 Å². The summed E-state index contributed by atoms with van der Waals surface area (Å²) in [5.41, 5.74) is 0. The van der Waals surface area contributed by atoms with Crippen molar-refractivity contribution in [3.63, 3.8) is 0 Å². The number of unbranched alkanes of at least 4 members (excludes halogenated alkanes) is 4. The number of nitrogens with zero attached hydrogens (tertiary/aromatic N) is 1. The predicted octanol–water partition coefficient (Wildman–Crippen LogP) is 2.15. The Labute approximate surface area is 124 Å². The second-order valence-corrected chi connectivity index (χ2v) is 5.90. The van der Waals surface area contributed by atoms with Crippen molar-refractivity contribution in [1.82, 2.24) is 15.5 Å². The molecule has 1 heterocycles. The normalized spacial score (nSPS) is 21.6. The van der Waals surface area contributed by atoms with Gasteiger partial charge >= 0.3 is 0 Å². The number of likely N-dealkylation sites (N-methyl/N-ethyl adjacent to an activating group) is 1. The van der Waals surface area contributed by atoms with Crippen LogP contribution in [0.1, 0.15) is 59.3 Å². The maximum atomic E-state index is 12.1. The Kier molecular flexibility index (Phi) is 8.86. The van der Waals surface area contributed by atoms with Crippen molar-refractivity contribution in [2.45, 2.75) is 71.4 Å². The van der Waals surface area contributed by atoms with E-state index >= 15 is 0 Å². The lowest BCUT2D eigenvalue weighted by Gasteiger charge is -2.39. The first-order chi connectivity index (χ1) is 9.70. The number of hydrogen-bond acceptors (Lipinski definition) is 3. The van der Waals surface area contributed by atoms with E-state index in [1.165, 1.54) is 38.5 Å². The molecule has 1 saturated heterocycles. The third-order valence-corrected chi connectivity index (χ3v) is 4.23. The lowest BCUT2D eigenvalue weighted by molar-refractivity contribution is -0.128. The van der Waals surface area contributed by atoms with Gasteiger partial charge in [-0.2, -0.15) is 0 Å². The first-order valence-electron chi connectivity index (χ1n) is 8.44. The average Bonchev–Trinajstić information content (AvgIpc) is 2.47. The Bertz CT molecular complexity index is 270. The van der Waals surface area contributed by atoms with Crippen LogP contribution in [-0.2, 0) is 4.79 Å². The van der Waals surface area contributed by atoms with Gasteiger partial charge < -0.3 is 10.6 Å². The largest absolute Gasteiger partial charge is 0.355 e. The molecule has 1 amide bonds. The Hall–Kier alpha value is -0.610. The monoisotopic (exact) mass is 283 g/mol. The molecule has 4 heteroatoms. The third-order valence-electron chi connectivity index (χ3n) is 4.23. The van der Waals surface area contributed by atoms with Crippen molar-refractivity contribution in [2.75, 3.05) is 26.2 Å². The summed E-state index contributed by atoms with van der Waals surface area (Å²) < 4.78 is 0. The van der Waals surface area contributed by atoms with E-state index in [0.29, 0.717) is 12.6 Å². The lowest BCUT2D eigenvalue weighted by atomic mass is 10.0. The minimum absolute atomic E-state index is 0.00865. The van der Waals surface area contributed by atoms with E-state index < -0.39 is 0 Å². The minimum Gasteiger partial charge on any atom is -0.355 e. The Balaban J connectivity index is 2.37. The first kappa shape index (κ1) is 17.4. The van der Waals surface area contributed by atoms with Crippen molar-refractivity contribution in [3.8, 4) is 0 Å². The van der Waals surface area contributed by atoms with Gasteiger partial charge in [-0.25, -0.2) is 0 Å². The fraction of sp³-hybridized carbons (Fsp3) is 0.938. The zero-order valence-corrected chi connectivity index (χ0v) is 13.6. The zero-order chi connectivity index (χ0) is 14.8. The molecular weight excluding hydrogens is 250 g/mol. The highest BCUT2D eigenvalue weighted by Crippen LogP contribution is 2.15. The van der Waals surface area contributed by atoms with Crippen molar-refractivity contribution in [2.24, 2.45) is 0 Å². The van der Waals surface area contributed by atoms with Gasteiger partial charge in [-0.05, 0) is 20.3 Å². The maximum Gasteiger partial charge on any atom is 0.238 e. The SMILES string of the molecule is CCCCCCCC(C)N1CCNCC1C(=O)NCC. The molecule has 0 aliphatic carbocycles. The summed E-state index contributed by atoms with van der Waals surface area (Å²) >= 11 is 0. The number of piperazine rings is 1. The molecule has 20 heavy (non-hydrogen) atoms. The van der Waals surface area contributed by atoms with Crippen molar-refractivity contribution in [3.05, 3.63) is 0 Å². The number of nitrogens with one attached hydrogen (secondary N) is 2. The van der Waals surface area contributed by atoms with Crippen LogP contribution in [0.15, 0.2) is 0 Å². The van der Waals surface area contributed by atoms with E-state index in [4.69, 9.17) is 0 Å². The third kappa shape index (κ3) is 5.80. The number of hydrogen-bond donors (Lipinski definition) is 2. The minimum atomic E-state index is 0.00865. The summed E-state index contributed by atoms with van der Waals surface area (Å²) in [6.45, 7) is 9.99. The highest BCUT2D eigenvalue weighted by atomic mass is 16.2. The quantitative estimate of drug-likeness (QED) is 0.637. The molecule has 0 aromatic carbocycles. The fourth-order valence-corrected chi connectivity index (χ4v) is 2.99. The van der Waals surface area contributed by atoms with Crippen molar-refractivity contribution >= 4 is 5.91 Å². The topological polar surface area (TPSA) is 44.4 Å². The van der Waals surface area contributed by atoms with Crippen molar-refractivity contribution < 1.29 is 4.79 Å². The van der Waals surface area contributed by atoms with Gasteiger partial charge in [-0.3, -0.25) is 9.69 Å². The van der Waals surface area contributed by atoms with Crippen molar-refractivity contribution in [1.29, 1.82) is 0 Å². The first-order valence-corrected chi connectivity index (χ1v) is 8.44. The van der Waals surface area contributed by atoms with Crippen LogP contribution in [0.25, 0.3) is 0 Å². The second kappa shape index (κ2) is 10.2. The Morgan fingerprint density at radius 2 is 2.05 bits per heavy atom. The molecule has 1 aliphatic heterocycles. The van der Waals surface area contributed by atoms with Gasteiger partial charge in [0.2, 0.25) is 5.91 Å². The van der Waals surface area contributed by atoms with E-state index in [-0.39, 0.29) is 11.9 Å². The molecule has 1 aliphatic rings. The van der Waals surface area contributed by atoms with Crippen LogP contribution in [0.4, 0.5) is 0 Å². The van der Waals surface area contributed by atoms with Crippen LogP contribution in [0.3, 0.4) is 0 Å². The number of carbonyl (C=O) groups excluding carboxylic acids is 1. The Morgan fingerprint density at radius 3 is 2.75 bits per heavy atom. The second-order valence-electron chi connectivity index (χ2n) is 5.90. The molecule has 0 radical (unpaired) electrons. The molecular formula is C16H33N3O. The molecule has 0 saturated carbocycles. The molecule has 0 aromatic heterocycles. The summed E-state index contributed by atoms with van der Waals surface area (Å²) in [6.07, 6.45) is 7.82. The van der Waals surface area contributed by atoms with Crippen LogP contribution >= 0.6 is 0 Å². The standard InChI is InChI=1S/C16H33N3O/c1-4-6-7-8-9-10-14(3)19-12-11-17-13-15(19)16(20)18-5-2/h14-15,17H,4-13H2,1-3H3,(H,18,20). The highest BCUT2D eigenvalue weighted by molar-refractivity contribution is 5.82. The van der Waals surface area contributed by atoms with Gasteiger partial charge in [-0.1, -0.05) is 39.0 Å². The van der Waals surface area contributed by atoms with Crippen LogP contribution in [0, 0.1) is 0 Å². The number of carbonyl (C=O) groups is 1. The molecule has 1 rings (SSSR count). The van der Waals surface area contributed by atoms with Gasteiger partial charge in [-0.15, -0.1) is 0 Å². The van der Waals surface area contributed by atoms with Gasteiger partial charge in [0, 0.05) is 32.2 Å². The molecule has 2 atom stereocenters. The maximum absolute atomic E-state index is 12.1. The van der Waals surface area contributed by atoms with Gasteiger partial charge in [0.25, 0.3) is 0 Å². The zero-order valence-electron chi connectivity index (χ0n) is 13.6. The summed E-state index contributed by atoms with van der Waals surface area (Å²) in [7, 11) is 0. The molecule has 1 fully saturated rings. The van der Waals surface area contributed by atoms with Gasteiger partial charge in [0.05, 0.1) is 0 Å². The summed E-state index contributed by atoms with van der Waals surface area (Å²) in [4.78, 5) is 14.5. The molecule has 4 nitrogen and oxygen atoms in total. The smallest absolute Gasteiger partial charge is 0.238 e. The molecule has 2 N–H and O–H groups in total. The van der Waals surface area contributed by atoms with Crippen LogP contribution in [-0.4, -0.2) is 49.1 Å². The van der Waals surface area contributed by atoms with E-state index in [2.05, 4.69) is 29.4 Å². The van der Waals surface area contributed by atoms with Crippen LogP contribution < -0.4 is 10.6 Å². The van der Waals surface area contributed by atoms with Gasteiger partial charge in [0.15, 0.2) is 0 Å². The summed E-state index contributed by atoms with van der Waals surface area (Å²) in [5.74, 6) is 0.178. The lowest BCUT2D eigenvalue weighted by Crippen LogP contribution is -2.60. The molecule has 0 bridgehead atoms. The van der Waals surface area contributed by atoms with Crippen LogP contribution in [0.2, 0.25) is 0 Å². The molecule has 2 unspecified atom stereocenters. The number of amides is 1. The Morgan fingerprint density at radius 1 is 1.30 bits per heavy atom. The van der Waals surface area contributed by atoms with E-state index in [9.17, 15) is 4.79 Å². The van der Waals surface area contributed by atoms with E-state index in [1.807, 2.05) is 6.92 Å². The average molecular weight is 283 g/mol. The highest BCUT2D eigenvalue weighted by Gasteiger charge is 2.30. The molecule has 0 aromatic rings. The predicted molar refractivity (Wildman–Crippen MR) is 84.9 cm³/mol. The molecule has 118 valence electrons. The molecule has 0 spiro atoms. The number of rotatable bonds is 9. The summed E-state index contributed by atoms with van der Waals surface area (Å²) in [5, 5.41) is 6.30. The van der Waals surface area contributed by atoms with E-state index in [1.54, 1.807) is 0 Å². The van der Waals surface area contributed by atoms with Crippen LogP contribution in [0.5, 0.6) is 0 Å². The fourth-order valence-electron chi connectivity index (χ4n) is 2.99. The summed E-state index contributed by atoms with van der Waals surface area (Å²) in [6, 6.07) is 0.515. The van der Waals surface area contributed by atoms with Gasteiger partial charge in [0.1, 0.15) is 6.04 Å².